The zero-order valence-corrected chi connectivity index (χ0v) is 7.53. The summed E-state index contributed by atoms with van der Waals surface area (Å²) in [4.78, 5) is 26.0. The number of H-pyrrole nitrogens is 2. The number of aromatic nitrogens is 2. The summed E-state index contributed by atoms with van der Waals surface area (Å²) in [6, 6.07) is 6.99. The summed E-state index contributed by atoms with van der Waals surface area (Å²) in [6.07, 6.45) is 0. The summed E-state index contributed by atoms with van der Waals surface area (Å²) < 4.78 is 4.56. The zero-order valence-electron chi connectivity index (χ0n) is 7.53. The largest absolute Gasteiger partial charge is 0.370 e. The van der Waals surface area contributed by atoms with Crippen molar-refractivity contribution in [2.24, 2.45) is 0 Å². The van der Waals surface area contributed by atoms with E-state index in [4.69, 9.17) is 0 Å². The van der Waals surface area contributed by atoms with E-state index in [2.05, 4.69) is 14.7 Å². The Morgan fingerprint density at radius 1 is 1.13 bits per heavy atom. The maximum atomic E-state index is 11.9. The number of nitrogens with one attached hydrogen (secondary N) is 2. The molecule has 0 spiro atoms. The minimum Gasteiger partial charge on any atom is -0.338 e. The van der Waals surface area contributed by atoms with Crippen molar-refractivity contribution in [1.29, 1.82) is 0 Å². The van der Waals surface area contributed by atoms with Crippen LogP contribution in [0.25, 0.3) is 21.9 Å². The van der Waals surface area contributed by atoms with E-state index in [9.17, 15) is 9.59 Å². The zero-order chi connectivity index (χ0) is 10.4. The highest BCUT2D eigenvalue weighted by Gasteiger charge is 2.10. The first-order valence-electron chi connectivity index (χ1n) is 4.39. The number of fused-ring (bicyclic) bond motifs is 2. The van der Waals surface area contributed by atoms with Crippen LogP contribution in [0.1, 0.15) is 0 Å². The third-order valence-electron chi connectivity index (χ3n) is 2.36. The van der Waals surface area contributed by atoms with Gasteiger partial charge in [0.25, 0.3) is 0 Å². The molecule has 3 aromatic rings. The third kappa shape index (κ3) is 0.969. The Kier molecular flexibility index (Phi) is 1.39. The lowest BCUT2D eigenvalue weighted by Crippen LogP contribution is -2.09. The maximum Gasteiger partial charge on any atom is 0.370 e. The van der Waals surface area contributed by atoms with Crippen molar-refractivity contribution < 1.29 is 4.52 Å². The van der Waals surface area contributed by atoms with Crippen LogP contribution in [-0.4, -0.2) is 10.1 Å². The van der Waals surface area contributed by atoms with E-state index >= 15 is 0 Å². The normalized spacial score (nSPS) is 11.2. The van der Waals surface area contributed by atoms with Gasteiger partial charge in [-0.05, 0) is 12.1 Å². The van der Waals surface area contributed by atoms with Crippen LogP contribution >= 0.6 is 0 Å². The molecule has 0 atom stereocenters. The molecule has 1 aromatic carbocycles. The van der Waals surface area contributed by atoms with Crippen molar-refractivity contribution in [3.8, 4) is 0 Å². The van der Waals surface area contributed by atoms with Crippen LogP contribution in [0.3, 0.4) is 0 Å². The lowest BCUT2D eigenvalue weighted by atomic mass is 10.2. The fourth-order valence-electron chi connectivity index (χ4n) is 1.66. The SMILES string of the molecule is O=c1o[nH]c2[nH]c3ccccc3c(=O)c12. The summed E-state index contributed by atoms with van der Waals surface area (Å²) in [5, 5.41) is 2.90. The van der Waals surface area contributed by atoms with Gasteiger partial charge >= 0.3 is 5.63 Å². The predicted octanol–water partition coefficient (Wildman–Crippen LogP) is 0.963. The molecule has 0 unspecified atom stereocenters. The molecule has 2 heterocycles. The van der Waals surface area contributed by atoms with Crippen LogP contribution in [-0.2, 0) is 0 Å². The van der Waals surface area contributed by atoms with Crippen LogP contribution < -0.4 is 11.1 Å². The molecule has 5 heteroatoms. The van der Waals surface area contributed by atoms with Gasteiger partial charge in [0.1, 0.15) is 0 Å². The van der Waals surface area contributed by atoms with Gasteiger partial charge in [0.15, 0.2) is 11.0 Å². The molecule has 0 saturated heterocycles. The number of hydrogen-bond donors (Lipinski definition) is 2. The summed E-state index contributed by atoms with van der Waals surface area (Å²) >= 11 is 0. The highest BCUT2D eigenvalue weighted by molar-refractivity contribution is 5.89. The van der Waals surface area contributed by atoms with Crippen molar-refractivity contribution in [1.82, 2.24) is 10.1 Å². The van der Waals surface area contributed by atoms with Gasteiger partial charge in [0.2, 0.25) is 5.43 Å². The van der Waals surface area contributed by atoms with Crippen LogP contribution in [0.2, 0.25) is 0 Å². The van der Waals surface area contributed by atoms with E-state index in [0.717, 1.165) is 0 Å². The highest BCUT2D eigenvalue weighted by Crippen LogP contribution is 2.09. The first-order valence-corrected chi connectivity index (χ1v) is 4.39. The second-order valence-electron chi connectivity index (χ2n) is 3.24. The van der Waals surface area contributed by atoms with Crippen molar-refractivity contribution in [2.45, 2.75) is 0 Å². The van der Waals surface area contributed by atoms with Crippen LogP contribution in [0.15, 0.2) is 38.4 Å². The molecular weight excluding hydrogens is 196 g/mol. The van der Waals surface area contributed by atoms with Gasteiger partial charge in [-0.2, -0.15) is 0 Å². The molecule has 3 rings (SSSR count). The van der Waals surface area contributed by atoms with Crippen LogP contribution in [0, 0.1) is 0 Å². The summed E-state index contributed by atoms with van der Waals surface area (Å²) in [5.74, 6) is 0. The molecule has 0 aliphatic heterocycles. The number of aromatic amines is 2. The second-order valence-corrected chi connectivity index (χ2v) is 3.24. The Hall–Kier alpha value is -2.30. The molecule has 0 aliphatic rings. The quantitative estimate of drug-likeness (QED) is 0.569. The molecule has 2 N–H and O–H groups in total. The summed E-state index contributed by atoms with van der Waals surface area (Å²) in [6.45, 7) is 0. The highest BCUT2D eigenvalue weighted by atomic mass is 16.5. The molecule has 15 heavy (non-hydrogen) atoms. The minimum absolute atomic E-state index is 0.0358. The van der Waals surface area contributed by atoms with Crippen LogP contribution in [0.5, 0.6) is 0 Å². The third-order valence-corrected chi connectivity index (χ3v) is 2.36. The summed E-state index contributed by atoms with van der Waals surface area (Å²) in [5.41, 5.74) is 0.0436. The lowest BCUT2D eigenvalue weighted by molar-refractivity contribution is 0.398. The molecule has 74 valence electrons. The Balaban J connectivity index is 2.75. The van der Waals surface area contributed by atoms with Crippen molar-refractivity contribution >= 4 is 21.9 Å². The van der Waals surface area contributed by atoms with Crippen molar-refractivity contribution in [3.05, 3.63) is 44.9 Å². The molecule has 2 aromatic heterocycles. The molecule has 0 radical (unpaired) electrons. The van der Waals surface area contributed by atoms with Gasteiger partial charge in [0, 0.05) is 5.39 Å². The van der Waals surface area contributed by atoms with E-state index in [-0.39, 0.29) is 10.8 Å². The Labute approximate surface area is 82.3 Å². The average Bonchev–Trinajstić information content (AvgIpc) is 2.61. The second kappa shape index (κ2) is 2.60. The standard InChI is InChI=1S/C10H6N2O3/c13-8-5-3-1-2-4-6(5)11-9-7(8)10(14)15-12-9/h1-4H,(H2,11,12,13). The van der Waals surface area contributed by atoms with E-state index in [1.807, 2.05) is 6.07 Å². The number of pyridine rings is 1. The molecule has 0 fully saturated rings. The van der Waals surface area contributed by atoms with Gasteiger partial charge in [-0.1, -0.05) is 12.1 Å². The van der Waals surface area contributed by atoms with Gasteiger partial charge in [-0.3, -0.25) is 4.79 Å². The van der Waals surface area contributed by atoms with Gasteiger partial charge in [-0.15, -0.1) is 0 Å². The molecule has 0 aliphatic carbocycles. The number of rotatable bonds is 0. The number of benzene rings is 1. The molecule has 0 amide bonds. The predicted molar refractivity (Wildman–Crippen MR) is 55.0 cm³/mol. The molecule has 0 saturated carbocycles. The van der Waals surface area contributed by atoms with Gasteiger partial charge < -0.3 is 9.51 Å². The average molecular weight is 202 g/mol. The van der Waals surface area contributed by atoms with Crippen molar-refractivity contribution in [2.75, 3.05) is 0 Å². The Morgan fingerprint density at radius 3 is 2.80 bits per heavy atom. The lowest BCUT2D eigenvalue weighted by Gasteiger charge is -1.95. The minimum atomic E-state index is -0.642. The first kappa shape index (κ1) is 8.05. The number of para-hydroxylation sites is 1. The smallest absolute Gasteiger partial charge is 0.338 e. The molecule has 0 bridgehead atoms. The topological polar surface area (TPSA) is 78.9 Å². The summed E-state index contributed by atoms with van der Waals surface area (Å²) in [7, 11) is 0. The van der Waals surface area contributed by atoms with Gasteiger partial charge in [0.05, 0.1) is 5.52 Å². The van der Waals surface area contributed by atoms with E-state index in [0.29, 0.717) is 16.6 Å². The molecule has 5 nitrogen and oxygen atoms in total. The van der Waals surface area contributed by atoms with Crippen molar-refractivity contribution in [3.63, 3.8) is 0 Å². The molecular formula is C10H6N2O3. The van der Waals surface area contributed by atoms with E-state index in [1.54, 1.807) is 18.2 Å². The van der Waals surface area contributed by atoms with Crippen LogP contribution in [0.4, 0.5) is 0 Å². The van der Waals surface area contributed by atoms with E-state index in [1.165, 1.54) is 0 Å². The monoisotopic (exact) mass is 202 g/mol. The first-order chi connectivity index (χ1) is 7.27. The number of hydrogen-bond acceptors (Lipinski definition) is 3. The van der Waals surface area contributed by atoms with Gasteiger partial charge in [-0.25, -0.2) is 9.95 Å². The Morgan fingerprint density at radius 2 is 1.93 bits per heavy atom. The van der Waals surface area contributed by atoms with E-state index < -0.39 is 5.63 Å². The Bertz CT molecular complexity index is 763. The fraction of sp³-hybridized carbons (Fsp3) is 0. The maximum absolute atomic E-state index is 11.9. The fourth-order valence-corrected chi connectivity index (χ4v) is 1.66.